The van der Waals surface area contributed by atoms with Crippen molar-refractivity contribution in [2.45, 2.75) is 94.3 Å². The van der Waals surface area contributed by atoms with Crippen LogP contribution in [0.4, 0.5) is 0 Å². The van der Waals surface area contributed by atoms with Gasteiger partial charge >= 0.3 is 11.9 Å². The molecule has 10 heteroatoms. The lowest BCUT2D eigenvalue weighted by Crippen LogP contribution is -2.26. The van der Waals surface area contributed by atoms with E-state index in [2.05, 4.69) is 0 Å². The minimum atomic E-state index is -0.920. The van der Waals surface area contributed by atoms with Crippen LogP contribution in [0, 0.1) is 13.8 Å². The van der Waals surface area contributed by atoms with Gasteiger partial charge in [-0.3, -0.25) is 4.79 Å². The number of aliphatic carboxylic acids is 2. The molecule has 4 aromatic carbocycles. The molecular formula is C42H50Cl2O7S. The van der Waals surface area contributed by atoms with Crippen molar-refractivity contribution in [3.63, 3.8) is 0 Å². The Hall–Kier alpha value is -3.85. The van der Waals surface area contributed by atoms with Gasteiger partial charge in [-0.25, -0.2) is 4.79 Å². The highest BCUT2D eigenvalue weighted by Gasteiger charge is 2.19. The van der Waals surface area contributed by atoms with Crippen molar-refractivity contribution in [2.24, 2.45) is 0 Å². The van der Waals surface area contributed by atoms with Crippen molar-refractivity contribution in [1.29, 1.82) is 0 Å². The minimum absolute atomic E-state index is 0.386. The molecule has 2 atom stereocenters. The number of rotatable bonds is 22. The van der Waals surface area contributed by atoms with Crippen LogP contribution in [0.25, 0.3) is 0 Å². The molecule has 0 amide bonds. The van der Waals surface area contributed by atoms with E-state index in [-0.39, 0.29) is 5.25 Å². The molecule has 2 N–H and O–H groups in total. The number of carboxylic acid groups (broad SMARTS) is 2. The lowest BCUT2D eigenvalue weighted by atomic mass is 10.1. The van der Waals surface area contributed by atoms with Crippen molar-refractivity contribution in [2.75, 3.05) is 13.2 Å². The molecular weight excluding hydrogens is 719 g/mol. The number of aryl methyl sites for hydroxylation is 2. The zero-order chi connectivity index (χ0) is 37.6. The van der Waals surface area contributed by atoms with Crippen LogP contribution in [0.2, 0.25) is 10.0 Å². The smallest absolute Gasteiger partial charge is 0.344 e. The summed E-state index contributed by atoms with van der Waals surface area (Å²) in [5.74, 6) is 0.583. The van der Waals surface area contributed by atoms with Crippen LogP contribution >= 0.6 is 35.0 Å². The van der Waals surface area contributed by atoms with Crippen LogP contribution in [0.5, 0.6) is 17.2 Å². The fourth-order valence-electron chi connectivity index (χ4n) is 5.04. The molecule has 0 spiro atoms. The van der Waals surface area contributed by atoms with Gasteiger partial charge in [0.05, 0.1) is 13.2 Å². The molecule has 0 saturated heterocycles. The fraction of sp³-hybridized carbons (Fsp3) is 0.381. The summed E-state index contributed by atoms with van der Waals surface area (Å²) in [5, 5.41) is 19.8. The van der Waals surface area contributed by atoms with Gasteiger partial charge in [0, 0.05) is 14.9 Å². The van der Waals surface area contributed by atoms with E-state index in [1.54, 1.807) is 24.3 Å². The Morgan fingerprint density at radius 3 is 1.44 bits per heavy atom. The summed E-state index contributed by atoms with van der Waals surface area (Å²) in [6.45, 7) is 5.32. The Labute approximate surface area is 322 Å². The summed E-state index contributed by atoms with van der Waals surface area (Å²) in [4.78, 5) is 23.8. The molecule has 4 rings (SSSR count). The van der Waals surface area contributed by atoms with Crippen molar-refractivity contribution >= 4 is 46.9 Å². The van der Waals surface area contributed by atoms with Crippen LogP contribution in [-0.4, -0.2) is 46.7 Å². The first kappa shape index (κ1) is 42.6. The van der Waals surface area contributed by atoms with Crippen LogP contribution in [0.1, 0.15) is 75.3 Å². The number of thioether (sulfide) groups is 1. The van der Waals surface area contributed by atoms with E-state index >= 15 is 0 Å². The van der Waals surface area contributed by atoms with Gasteiger partial charge in [-0.05, 0) is 119 Å². The Bertz CT molecular complexity index is 1460. The topological polar surface area (TPSA) is 102 Å². The fourth-order valence-corrected chi connectivity index (χ4v) is 6.30. The maximum atomic E-state index is 11.5. The first-order valence-electron chi connectivity index (χ1n) is 17.8. The number of benzene rings is 4. The molecule has 0 fully saturated rings. The molecule has 280 valence electrons. The Kier molecular flexibility index (Phi) is 20.0. The summed E-state index contributed by atoms with van der Waals surface area (Å²) in [7, 11) is 0. The molecule has 52 heavy (non-hydrogen) atoms. The van der Waals surface area contributed by atoms with Crippen molar-refractivity contribution in [3.8, 4) is 17.2 Å². The van der Waals surface area contributed by atoms with E-state index in [0.29, 0.717) is 41.9 Å². The molecule has 7 nitrogen and oxygen atoms in total. The summed E-state index contributed by atoms with van der Waals surface area (Å²) in [5.41, 5.74) is 2.30. The normalized spacial score (nSPS) is 11.8. The second kappa shape index (κ2) is 24.4. The minimum Gasteiger partial charge on any atom is -0.494 e. The third-order valence-corrected chi connectivity index (χ3v) is 9.81. The zero-order valence-electron chi connectivity index (χ0n) is 30.0. The number of carboxylic acids is 2. The zero-order valence-corrected chi connectivity index (χ0v) is 32.3. The highest BCUT2D eigenvalue weighted by atomic mass is 35.5. The average Bonchev–Trinajstić information content (AvgIpc) is 3.13. The van der Waals surface area contributed by atoms with Crippen LogP contribution < -0.4 is 14.2 Å². The van der Waals surface area contributed by atoms with Crippen LogP contribution in [0.15, 0.2) is 102 Å². The van der Waals surface area contributed by atoms with E-state index in [1.807, 2.05) is 86.6 Å². The second-order valence-electron chi connectivity index (χ2n) is 12.5. The summed E-state index contributed by atoms with van der Waals surface area (Å²) >= 11 is 13.1. The van der Waals surface area contributed by atoms with Gasteiger partial charge in [-0.1, -0.05) is 90.7 Å². The standard InChI is InChI=1S/C21H25ClO4.C21H25ClO3S/c1-16-7-11-19(12-8-16)26-20(21(23)24)6-4-2-3-5-15-25-18-13-9-17(22)10-14-18;1-16-7-13-19(14-8-16)26-20(21(23)24)6-4-2-3-5-15-25-18-11-9-17(22)10-12-18/h2*7-14,20H,2-6,15H2,1H3,(H,23,24). The molecule has 0 aromatic heterocycles. The number of unbranched alkanes of at least 4 members (excludes halogenated alkanes) is 6. The van der Waals surface area contributed by atoms with Gasteiger partial charge in [0.2, 0.25) is 0 Å². The first-order valence-corrected chi connectivity index (χ1v) is 19.4. The third kappa shape index (κ3) is 18.1. The largest absolute Gasteiger partial charge is 0.494 e. The van der Waals surface area contributed by atoms with Gasteiger partial charge in [-0.2, -0.15) is 0 Å². The van der Waals surface area contributed by atoms with Gasteiger partial charge in [0.25, 0.3) is 0 Å². The average molecular weight is 770 g/mol. The van der Waals surface area contributed by atoms with E-state index in [0.717, 1.165) is 73.3 Å². The Balaban J connectivity index is 0.000000280. The first-order chi connectivity index (χ1) is 25.1. The lowest BCUT2D eigenvalue weighted by Gasteiger charge is -2.15. The van der Waals surface area contributed by atoms with Gasteiger partial charge < -0.3 is 24.4 Å². The van der Waals surface area contributed by atoms with Gasteiger partial charge in [0.15, 0.2) is 6.10 Å². The summed E-state index contributed by atoms with van der Waals surface area (Å²) in [6, 6.07) is 30.1. The molecule has 0 saturated carbocycles. The molecule has 0 aliphatic heterocycles. The number of hydrogen-bond acceptors (Lipinski definition) is 6. The molecule has 0 heterocycles. The summed E-state index contributed by atoms with van der Waals surface area (Å²) in [6.07, 6.45) is 7.99. The van der Waals surface area contributed by atoms with Crippen molar-refractivity contribution in [3.05, 3.63) is 118 Å². The molecule has 0 aliphatic rings. The molecule has 0 aliphatic carbocycles. The van der Waals surface area contributed by atoms with Crippen molar-refractivity contribution < 1.29 is 34.0 Å². The van der Waals surface area contributed by atoms with Crippen LogP contribution in [0.3, 0.4) is 0 Å². The predicted octanol–water partition coefficient (Wildman–Crippen LogP) is 11.7. The lowest BCUT2D eigenvalue weighted by molar-refractivity contribution is -0.145. The molecule has 0 radical (unpaired) electrons. The predicted molar refractivity (Wildman–Crippen MR) is 212 cm³/mol. The van der Waals surface area contributed by atoms with E-state index < -0.39 is 18.0 Å². The highest BCUT2D eigenvalue weighted by molar-refractivity contribution is 8.00. The number of halogens is 2. The molecule has 4 aromatic rings. The van der Waals surface area contributed by atoms with Gasteiger partial charge in [-0.15, -0.1) is 11.8 Å². The van der Waals surface area contributed by atoms with Crippen molar-refractivity contribution in [1.82, 2.24) is 0 Å². The Morgan fingerprint density at radius 2 is 0.981 bits per heavy atom. The molecule has 2 unspecified atom stereocenters. The van der Waals surface area contributed by atoms with E-state index in [4.69, 9.17) is 37.4 Å². The Morgan fingerprint density at radius 1 is 0.558 bits per heavy atom. The number of carbonyl (C=O) groups is 2. The maximum absolute atomic E-state index is 11.5. The second-order valence-corrected chi connectivity index (χ2v) is 14.7. The highest BCUT2D eigenvalue weighted by Crippen LogP contribution is 2.28. The SMILES string of the molecule is Cc1ccc(OC(CCCCCCOc2ccc(Cl)cc2)C(=O)O)cc1.Cc1ccc(SC(CCCCCCOc2ccc(Cl)cc2)C(=O)O)cc1. The third-order valence-electron chi connectivity index (χ3n) is 8.04. The van der Waals surface area contributed by atoms with Crippen LogP contribution in [-0.2, 0) is 9.59 Å². The quantitative estimate of drug-likeness (QED) is 0.0602. The molecule has 0 bridgehead atoms. The number of ether oxygens (including phenoxy) is 3. The van der Waals surface area contributed by atoms with E-state index in [1.165, 1.54) is 17.3 Å². The van der Waals surface area contributed by atoms with Gasteiger partial charge in [0.1, 0.15) is 22.5 Å². The summed E-state index contributed by atoms with van der Waals surface area (Å²) < 4.78 is 16.9. The van der Waals surface area contributed by atoms with E-state index in [9.17, 15) is 19.8 Å². The number of hydrogen-bond donors (Lipinski definition) is 2. The monoisotopic (exact) mass is 768 g/mol. The maximum Gasteiger partial charge on any atom is 0.344 e.